The average Bonchev–Trinajstić information content (AvgIpc) is 3.13. The van der Waals surface area contributed by atoms with Crippen molar-refractivity contribution in [2.24, 2.45) is 0 Å². The molecule has 0 fully saturated rings. The Morgan fingerprint density at radius 2 is 2.04 bits per heavy atom. The van der Waals surface area contributed by atoms with Gasteiger partial charge >= 0.3 is 0 Å². The fraction of sp³-hybridized carbons (Fsp3) is 0.100. The van der Waals surface area contributed by atoms with E-state index in [-0.39, 0.29) is 11.8 Å². The molecule has 8 heteroatoms. The van der Waals surface area contributed by atoms with Crippen molar-refractivity contribution in [3.63, 3.8) is 0 Å². The number of aromatic nitrogens is 4. The van der Waals surface area contributed by atoms with Crippen molar-refractivity contribution in [3.05, 3.63) is 55.0 Å². The van der Waals surface area contributed by atoms with Crippen LogP contribution in [0.2, 0.25) is 0 Å². The van der Waals surface area contributed by atoms with Gasteiger partial charge in [0.05, 0.1) is 23.8 Å². The van der Waals surface area contributed by atoms with E-state index in [1.165, 1.54) is 0 Å². The summed E-state index contributed by atoms with van der Waals surface area (Å²) in [5.74, 6) is 0.510. The number of aromatic amines is 1. The van der Waals surface area contributed by atoms with Gasteiger partial charge in [-0.2, -0.15) is 0 Å². The summed E-state index contributed by atoms with van der Waals surface area (Å²) in [7, 11) is 1.58. The van der Waals surface area contributed by atoms with Crippen molar-refractivity contribution >= 4 is 34.4 Å². The van der Waals surface area contributed by atoms with Crippen LogP contribution in [-0.2, 0) is 4.79 Å². The van der Waals surface area contributed by atoms with Crippen LogP contribution in [0.4, 0.5) is 5.82 Å². The third-order valence-corrected chi connectivity index (χ3v) is 4.47. The number of carbonyl (C=O) groups is 1. The number of amides is 1. The maximum Gasteiger partial charge on any atom is 0.240 e. The van der Waals surface area contributed by atoms with Crippen molar-refractivity contribution in [3.8, 4) is 28.3 Å². The number of alkyl halides is 1. The lowest BCUT2D eigenvalue weighted by atomic mass is 10.0. The number of anilines is 1. The van der Waals surface area contributed by atoms with Crippen molar-refractivity contribution in [2.45, 2.75) is 0 Å². The molecule has 0 spiro atoms. The van der Waals surface area contributed by atoms with E-state index in [1.807, 2.05) is 24.3 Å². The SMILES string of the molecule is COc1ccc(-c2c(-c3ccnc(NC(=O)CCl)c3)[nH]c3cccnc23)cn1. The first-order chi connectivity index (χ1) is 13.7. The second-order valence-corrected chi connectivity index (χ2v) is 6.24. The van der Waals surface area contributed by atoms with Gasteiger partial charge in [0.2, 0.25) is 11.8 Å². The molecular formula is C20H16ClN5O2. The van der Waals surface area contributed by atoms with Gasteiger partial charge in [0.1, 0.15) is 11.7 Å². The lowest BCUT2D eigenvalue weighted by molar-refractivity contribution is -0.113. The Hall–Kier alpha value is -3.45. The van der Waals surface area contributed by atoms with E-state index in [9.17, 15) is 4.79 Å². The van der Waals surface area contributed by atoms with E-state index in [0.29, 0.717) is 11.7 Å². The molecule has 0 aliphatic carbocycles. The number of nitrogens with one attached hydrogen (secondary N) is 2. The first-order valence-electron chi connectivity index (χ1n) is 8.49. The molecule has 0 radical (unpaired) electrons. The predicted octanol–water partition coefficient (Wildman–Crippen LogP) is 3.87. The standard InChI is InChI=1S/C20H16ClN5O2/c1-28-17-5-4-13(11-24-17)18-19(25-14-3-2-7-23-20(14)18)12-6-8-22-15(9-12)26-16(27)10-21/h2-9,11,25H,10H2,1H3,(H,22,26,27). The molecule has 1 amide bonds. The minimum atomic E-state index is -0.316. The maximum absolute atomic E-state index is 11.6. The number of halogens is 1. The van der Waals surface area contributed by atoms with Crippen LogP contribution in [0.15, 0.2) is 55.0 Å². The van der Waals surface area contributed by atoms with Crippen LogP contribution in [-0.4, -0.2) is 38.8 Å². The van der Waals surface area contributed by atoms with Crippen molar-refractivity contribution in [1.82, 2.24) is 19.9 Å². The van der Waals surface area contributed by atoms with Gasteiger partial charge in [0.25, 0.3) is 0 Å². The fourth-order valence-electron chi connectivity index (χ4n) is 3.00. The van der Waals surface area contributed by atoms with Gasteiger partial charge in [-0.1, -0.05) is 0 Å². The zero-order chi connectivity index (χ0) is 19.5. The summed E-state index contributed by atoms with van der Waals surface area (Å²) in [5, 5.41) is 2.67. The Morgan fingerprint density at radius 3 is 2.79 bits per heavy atom. The summed E-state index contributed by atoms with van der Waals surface area (Å²) < 4.78 is 5.16. The third-order valence-electron chi connectivity index (χ3n) is 4.23. The smallest absolute Gasteiger partial charge is 0.240 e. The van der Waals surface area contributed by atoms with E-state index in [0.717, 1.165) is 33.4 Å². The number of nitrogens with zero attached hydrogens (tertiary/aromatic N) is 3. The number of ether oxygens (including phenoxy) is 1. The molecule has 0 bridgehead atoms. The Kier molecular flexibility index (Phi) is 4.90. The molecule has 4 aromatic rings. The van der Waals surface area contributed by atoms with Gasteiger partial charge in [-0.15, -0.1) is 11.6 Å². The lowest BCUT2D eigenvalue weighted by Crippen LogP contribution is -2.13. The zero-order valence-electron chi connectivity index (χ0n) is 14.9. The summed E-state index contributed by atoms with van der Waals surface area (Å²) in [6, 6.07) is 11.2. The highest BCUT2D eigenvalue weighted by molar-refractivity contribution is 6.29. The summed E-state index contributed by atoms with van der Waals surface area (Å²) >= 11 is 5.57. The molecule has 0 aromatic carbocycles. The van der Waals surface area contributed by atoms with Crippen molar-refractivity contribution < 1.29 is 9.53 Å². The van der Waals surface area contributed by atoms with E-state index in [2.05, 4.69) is 25.3 Å². The highest BCUT2D eigenvalue weighted by Crippen LogP contribution is 2.37. The van der Waals surface area contributed by atoms with Crippen LogP contribution in [0.25, 0.3) is 33.4 Å². The Balaban J connectivity index is 1.87. The molecule has 4 aromatic heterocycles. The second-order valence-electron chi connectivity index (χ2n) is 5.98. The average molecular weight is 394 g/mol. The summed E-state index contributed by atoms with van der Waals surface area (Å²) in [5.41, 5.74) is 5.22. The largest absolute Gasteiger partial charge is 0.481 e. The molecule has 0 aliphatic heterocycles. The summed E-state index contributed by atoms with van der Waals surface area (Å²) in [6.45, 7) is 0. The molecular weight excluding hydrogens is 378 g/mol. The molecule has 0 saturated carbocycles. The molecule has 0 unspecified atom stereocenters. The number of rotatable bonds is 5. The second kappa shape index (κ2) is 7.66. The van der Waals surface area contributed by atoms with Gasteiger partial charge in [0, 0.05) is 41.3 Å². The first-order valence-corrected chi connectivity index (χ1v) is 9.02. The molecule has 4 heterocycles. The van der Waals surface area contributed by atoms with E-state index < -0.39 is 0 Å². The predicted molar refractivity (Wildman–Crippen MR) is 108 cm³/mol. The van der Waals surface area contributed by atoms with Gasteiger partial charge in [-0.25, -0.2) is 9.97 Å². The number of hydrogen-bond acceptors (Lipinski definition) is 5. The van der Waals surface area contributed by atoms with E-state index >= 15 is 0 Å². The van der Waals surface area contributed by atoms with Gasteiger partial charge in [-0.3, -0.25) is 9.78 Å². The number of methoxy groups -OCH3 is 1. The molecule has 7 nitrogen and oxygen atoms in total. The maximum atomic E-state index is 11.6. The minimum Gasteiger partial charge on any atom is -0.481 e. The van der Waals surface area contributed by atoms with Crippen molar-refractivity contribution in [2.75, 3.05) is 18.3 Å². The quantitative estimate of drug-likeness (QED) is 0.502. The number of carbonyl (C=O) groups excluding carboxylic acids is 1. The van der Waals surface area contributed by atoms with Gasteiger partial charge < -0.3 is 15.0 Å². The highest BCUT2D eigenvalue weighted by atomic mass is 35.5. The number of H-pyrrole nitrogens is 1. The van der Waals surface area contributed by atoms with Crippen LogP contribution in [0.5, 0.6) is 5.88 Å². The number of fused-ring (bicyclic) bond motifs is 1. The molecule has 140 valence electrons. The Bertz CT molecular complexity index is 1140. The lowest BCUT2D eigenvalue weighted by Gasteiger charge is -2.08. The van der Waals surface area contributed by atoms with Crippen LogP contribution in [0.3, 0.4) is 0 Å². The summed E-state index contributed by atoms with van der Waals surface area (Å²) in [4.78, 5) is 28.0. The first kappa shape index (κ1) is 17.9. The molecule has 0 aliphatic rings. The monoisotopic (exact) mass is 393 g/mol. The van der Waals surface area contributed by atoms with Crippen molar-refractivity contribution in [1.29, 1.82) is 0 Å². The van der Waals surface area contributed by atoms with Crippen LogP contribution in [0, 0.1) is 0 Å². The van der Waals surface area contributed by atoms with Crippen LogP contribution in [0.1, 0.15) is 0 Å². The molecule has 0 saturated heterocycles. The minimum absolute atomic E-state index is 0.134. The topological polar surface area (TPSA) is 92.8 Å². The van der Waals surface area contributed by atoms with Crippen LogP contribution < -0.4 is 10.1 Å². The van der Waals surface area contributed by atoms with E-state index in [4.69, 9.17) is 16.3 Å². The Labute approximate surface area is 165 Å². The number of pyridine rings is 3. The Morgan fingerprint density at radius 1 is 1.14 bits per heavy atom. The number of hydrogen-bond donors (Lipinski definition) is 2. The normalized spacial score (nSPS) is 10.8. The summed E-state index contributed by atoms with van der Waals surface area (Å²) in [6.07, 6.45) is 5.13. The highest BCUT2D eigenvalue weighted by Gasteiger charge is 2.17. The fourth-order valence-corrected chi connectivity index (χ4v) is 3.06. The van der Waals surface area contributed by atoms with Gasteiger partial charge in [-0.05, 0) is 30.3 Å². The zero-order valence-corrected chi connectivity index (χ0v) is 15.7. The van der Waals surface area contributed by atoms with Crippen LogP contribution >= 0.6 is 11.6 Å². The molecule has 2 N–H and O–H groups in total. The van der Waals surface area contributed by atoms with Gasteiger partial charge in [0.15, 0.2) is 0 Å². The molecule has 28 heavy (non-hydrogen) atoms. The molecule has 0 atom stereocenters. The third kappa shape index (κ3) is 3.39. The molecule has 4 rings (SSSR count). The van der Waals surface area contributed by atoms with E-state index in [1.54, 1.807) is 37.8 Å².